The van der Waals surface area contributed by atoms with Crippen LogP contribution in [0.4, 0.5) is 0 Å². The Kier molecular flexibility index (Phi) is 5.17. The number of aryl methyl sites for hydroxylation is 2. The maximum Gasteiger partial charge on any atom is 1.00 e. The van der Waals surface area contributed by atoms with E-state index in [1.54, 1.807) is 0 Å². The molecule has 0 amide bonds. The van der Waals surface area contributed by atoms with Crippen LogP contribution >= 0.6 is 0 Å². The van der Waals surface area contributed by atoms with Crippen molar-refractivity contribution < 1.29 is 20.3 Å². The Morgan fingerprint density at radius 2 is 1.36 bits per heavy atom. The molecule has 0 radical (unpaired) electrons. The third-order valence-corrected chi connectivity index (χ3v) is 4.32. The van der Waals surface area contributed by atoms with Gasteiger partial charge in [-0.2, -0.15) is 0 Å². The summed E-state index contributed by atoms with van der Waals surface area (Å²) in [7, 11) is 0. The normalized spacial score (nSPS) is 10.8. The Hall–Kier alpha value is -1.48. The van der Waals surface area contributed by atoms with Crippen LogP contribution in [0, 0.1) is 13.8 Å². The molecule has 0 unspecified atom stereocenters. The second-order valence-electron chi connectivity index (χ2n) is 6.17. The summed E-state index contributed by atoms with van der Waals surface area (Å²) in [4.78, 5) is 0. The molecule has 0 saturated carbocycles. The third kappa shape index (κ3) is 2.87. The summed E-state index contributed by atoms with van der Waals surface area (Å²) < 4.78 is 0. The van der Waals surface area contributed by atoms with Crippen LogP contribution in [-0.4, -0.2) is 0 Å². The number of rotatable bonds is 2. The van der Waals surface area contributed by atoms with Gasteiger partial charge in [-0.15, -0.1) is 0 Å². The van der Waals surface area contributed by atoms with E-state index in [-0.39, 0.29) is 20.3 Å². The fourth-order valence-corrected chi connectivity index (χ4v) is 3.18. The minimum absolute atomic E-state index is 0. The van der Waals surface area contributed by atoms with Crippen molar-refractivity contribution in [2.45, 2.75) is 33.6 Å². The number of hydrogen-bond acceptors (Lipinski definition) is 0. The van der Waals surface area contributed by atoms with Crippen LogP contribution in [0.25, 0.3) is 22.3 Å². The standard InChI is InChI=1S/C21H22.Li.H/c1-14(2)18-12-10-15(3)19-13-11-16(4)20(19)21(18)17-8-6-5-7-9-17;;/h5-14H,1-4H3;;/q;+1;-1. The van der Waals surface area contributed by atoms with Gasteiger partial charge in [0, 0.05) is 0 Å². The van der Waals surface area contributed by atoms with Gasteiger partial charge in [-0.3, -0.25) is 0 Å². The van der Waals surface area contributed by atoms with Crippen molar-refractivity contribution >= 4 is 0 Å². The topological polar surface area (TPSA) is 0 Å². The summed E-state index contributed by atoms with van der Waals surface area (Å²) in [5.41, 5.74) is 9.64. The van der Waals surface area contributed by atoms with Crippen LogP contribution in [0.2, 0.25) is 0 Å². The van der Waals surface area contributed by atoms with Gasteiger partial charge in [0.15, 0.2) is 0 Å². The molecule has 0 aromatic heterocycles. The summed E-state index contributed by atoms with van der Waals surface area (Å²) in [6.07, 6.45) is 0. The van der Waals surface area contributed by atoms with Gasteiger partial charge < -0.3 is 1.43 Å². The van der Waals surface area contributed by atoms with E-state index >= 15 is 0 Å². The van der Waals surface area contributed by atoms with Gasteiger partial charge in [0.2, 0.25) is 0 Å². The van der Waals surface area contributed by atoms with E-state index in [9.17, 15) is 0 Å². The Labute approximate surface area is 147 Å². The first-order chi connectivity index (χ1) is 10.1. The van der Waals surface area contributed by atoms with Crippen LogP contribution in [0.1, 0.15) is 37.9 Å². The van der Waals surface area contributed by atoms with E-state index in [4.69, 9.17) is 0 Å². The van der Waals surface area contributed by atoms with Crippen molar-refractivity contribution in [1.29, 1.82) is 0 Å². The molecule has 0 saturated heterocycles. The average molecular weight is 282 g/mol. The fraction of sp³-hybridized carbons (Fsp3) is 0.238. The smallest absolute Gasteiger partial charge is 1.00 e. The predicted octanol–water partition coefficient (Wildman–Crippen LogP) is 3.32. The quantitative estimate of drug-likeness (QED) is 0.633. The third-order valence-electron chi connectivity index (χ3n) is 4.32. The van der Waals surface area contributed by atoms with Crippen LogP contribution in [0.3, 0.4) is 0 Å². The largest absolute Gasteiger partial charge is 1.00 e. The first-order valence-electron chi connectivity index (χ1n) is 7.68. The molecular weight excluding hydrogens is 259 g/mol. The summed E-state index contributed by atoms with van der Waals surface area (Å²) in [6.45, 7) is 8.99. The Bertz CT molecular complexity index is 748. The molecule has 22 heavy (non-hydrogen) atoms. The zero-order valence-electron chi connectivity index (χ0n) is 15.3. The molecule has 0 aliphatic heterocycles. The molecule has 2 aliphatic carbocycles. The van der Waals surface area contributed by atoms with Gasteiger partial charge in [0.1, 0.15) is 0 Å². The second-order valence-corrected chi connectivity index (χ2v) is 6.17. The van der Waals surface area contributed by atoms with Crippen LogP contribution < -0.4 is 18.9 Å². The van der Waals surface area contributed by atoms with Gasteiger partial charge in [0.05, 0.1) is 0 Å². The van der Waals surface area contributed by atoms with Crippen LogP contribution in [0.15, 0.2) is 54.6 Å². The van der Waals surface area contributed by atoms with Gasteiger partial charge >= 0.3 is 18.9 Å². The van der Waals surface area contributed by atoms with E-state index in [0.29, 0.717) is 5.92 Å². The molecular formula is C21H23Li. The minimum Gasteiger partial charge on any atom is -1.00 e. The zero-order chi connectivity index (χ0) is 15.0. The molecule has 1 aromatic carbocycles. The summed E-state index contributed by atoms with van der Waals surface area (Å²) in [5, 5.41) is 0. The monoisotopic (exact) mass is 282 g/mol. The van der Waals surface area contributed by atoms with Crippen molar-refractivity contribution in [3.8, 4) is 22.3 Å². The summed E-state index contributed by atoms with van der Waals surface area (Å²) in [5.74, 6) is 0.504. The molecule has 0 N–H and O–H groups in total. The Balaban J connectivity index is 0.00000132. The maximum atomic E-state index is 2.31. The van der Waals surface area contributed by atoms with Crippen LogP contribution in [-0.2, 0) is 0 Å². The van der Waals surface area contributed by atoms with Crippen molar-refractivity contribution in [2.75, 3.05) is 0 Å². The molecule has 1 aromatic rings. The predicted molar refractivity (Wildman–Crippen MR) is 93.2 cm³/mol. The van der Waals surface area contributed by atoms with Crippen molar-refractivity contribution in [3.05, 3.63) is 71.3 Å². The Morgan fingerprint density at radius 1 is 0.727 bits per heavy atom. The fourth-order valence-electron chi connectivity index (χ4n) is 3.18. The molecule has 0 fully saturated rings. The van der Waals surface area contributed by atoms with Crippen LogP contribution in [0.5, 0.6) is 0 Å². The van der Waals surface area contributed by atoms with E-state index < -0.39 is 0 Å². The molecule has 108 valence electrons. The molecule has 0 heterocycles. The summed E-state index contributed by atoms with van der Waals surface area (Å²) in [6, 6.07) is 19.9. The number of fused-ring (bicyclic) bond motifs is 1. The van der Waals surface area contributed by atoms with E-state index in [1.807, 2.05) is 0 Å². The van der Waals surface area contributed by atoms with Gasteiger partial charge in [-0.05, 0) is 58.7 Å². The van der Waals surface area contributed by atoms with Crippen molar-refractivity contribution in [3.63, 3.8) is 0 Å². The summed E-state index contributed by atoms with van der Waals surface area (Å²) >= 11 is 0. The minimum atomic E-state index is 0. The molecule has 0 atom stereocenters. The van der Waals surface area contributed by atoms with Gasteiger partial charge in [-0.1, -0.05) is 68.4 Å². The molecule has 2 aliphatic rings. The SMILES string of the molecule is Cc1ccc(C(C)C)c(-c2ccccc2)c2c(C)ccc1-2.[H-].[Li+]. The van der Waals surface area contributed by atoms with Crippen molar-refractivity contribution in [1.82, 2.24) is 0 Å². The van der Waals surface area contributed by atoms with E-state index in [1.165, 1.54) is 38.9 Å². The first-order valence-corrected chi connectivity index (χ1v) is 7.68. The maximum absolute atomic E-state index is 2.31. The zero-order valence-corrected chi connectivity index (χ0v) is 14.3. The van der Waals surface area contributed by atoms with Crippen molar-refractivity contribution in [2.24, 2.45) is 0 Å². The van der Waals surface area contributed by atoms with E-state index in [2.05, 4.69) is 82.3 Å². The first kappa shape index (κ1) is 16.9. The molecule has 0 spiro atoms. The van der Waals surface area contributed by atoms with E-state index in [0.717, 1.165) is 0 Å². The van der Waals surface area contributed by atoms with Gasteiger partial charge in [-0.25, -0.2) is 0 Å². The molecule has 0 nitrogen and oxygen atoms in total. The molecule has 3 rings (SSSR count). The molecule has 0 bridgehead atoms. The van der Waals surface area contributed by atoms with Gasteiger partial charge in [0.25, 0.3) is 0 Å². The molecule has 1 heteroatoms. The second kappa shape index (κ2) is 6.74. The number of benzene rings is 1. The average Bonchev–Trinajstić information content (AvgIpc) is 2.77. The Morgan fingerprint density at radius 3 is 2.00 bits per heavy atom. The number of hydrogen-bond donors (Lipinski definition) is 0.